The number of rotatable bonds is 2. The van der Waals surface area contributed by atoms with Crippen molar-refractivity contribution in [3.8, 4) is 0 Å². The zero-order valence-electron chi connectivity index (χ0n) is 11.5. The first-order valence-corrected chi connectivity index (χ1v) is 6.67. The summed E-state index contributed by atoms with van der Waals surface area (Å²) < 4.78 is 0. The molecule has 1 aromatic rings. The third-order valence-corrected chi connectivity index (χ3v) is 3.69. The topological polar surface area (TPSA) is 40.6 Å². The molecule has 0 N–H and O–H groups in total. The third kappa shape index (κ3) is 3.13. The number of amides is 2. The smallest absolute Gasteiger partial charge is 0.231 e. The average molecular weight is 260 g/mol. The van der Waals surface area contributed by atoms with Gasteiger partial charge < -0.3 is 9.80 Å². The molecule has 19 heavy (non-hydrogen) atoms. The maximum atomic E-state index is 12.5. The number of hydrogen-bond donors (Lipinski definition) is 0. The van der Waals surface area contributed by atoms with Crippen molar-refractivity contribution in [2.45, 2.75) is 19.8 Å². The van der Waals surface area contributed by atoms with Gasteiger partial charge in [-0.2, -0.15) is 0 Å². The summed E-state index contributed by atoms with van der Waals surface area (Å²) in [5.41, 5.74) is 0.896. The maximum Gasteiger partial charge on any atom is 0.231 e. The van der Waals surface area contributed by atoms with Crippen molar-refractivity contribution in [1.82, 2.24) is 4.90 Å². The minimum atomic E-state index is -0.0807. The summed E-state index contributed by atoms with van der Waals surface area (Å²) in [6.07, 6.45) is 1.76. The van der Waals surface area contributed by atoms with Crippen molar-refractivity contribution in [3.05, 3.63) is 30.3 Å². The quantitative estimate of drug-likeness (QED) is 0.815. The van der Waals surface area contributed by atoms with Crippen LogP contribution in [0.4, 0.5) is 5.69 Å². The summed E-state index contributed by atoms with van der Waals surface area (Å²) in [6.45, 7) is 2.88. The zero-order valence-corrected chi connectivity index (χ0v) is 11.5. The molecular formula is C15H20N2O2. The van der Waals surface area contributed by atoms with Gasteiger partial charge in [0.25, 0.3) is 0 Å². The minimum absolute atomic E-state index is 0.0554. The lowest BCUT2D eigenvalue weighted by molar-refractivity contribution is -0.133. The summed E-state index contributed by atoms with van der Waals surface area (Å²) >= 11 is 0. The second kappa shape index (κ2) is 5.87. The van der Waals surface area contributed by atoms with E-state index in [1.807, 2.05) is 30.3 Å². The molecule has 1 aliphatic heterocycles. The number of hydrogen-bond acceptors (Lipinski definition) is 2. The Morgan fingerprint density at radius 2 is 1.95 bits per heavy atom. The van der Waals surface area contributed by atoms with E-state index in [1.165, 1.54) is 0 Å². The molecular weight excluding hydrogens is 240 g/mol. The Bertz CT molecular complexity index is 458. The molecule has 0 radical (unpaired) electrons. The lowest BCUT2D eigenvalue weighted by atomic mass is 9.96. The monoisotopic (exact) mass is 260 g/mol. The molecule has 1 atom stereocenters. The van der Waals surface area contributed by atoms with Crippen LogP contribution in [0.15, 0.2) is 30.3 Å². The second-order valence-electron chi connectivity index (χ2n) is 5.04. The van der Waals surface area contributed by atoms with Gasteiger partial charge in [0, 0.05) is 32.7 Å². The Hall–Kier alpha value is -1.84. The van der Waals surface area contributed by atoms with Gasteiger partial charge in [-0.1, -0.05) is 18.2 Å². The van der Waals surface area contributed by atoms with Crippen LogP contribution in [0.25, 0.3) is 0 Å². The van der Waals surface area contributed by atoms with Crippen LogP contribution < -0.4 is 4.90 Å². The van der Waals surface area contributed by atoms with E-state index in [9.17, 15) is 9.59 Å². The molecule has 4 nitrogen and oxygen atoms in total. The standard InChI is InChI=1S/C15H20N2O2/c1-12(18)17-10-6-7-13(11-17)15(19)16(2)14-8-4-3-5-9-14/h3-5,8-9,13H,6-7,10-11H2,1-2H3. The highest BCUT2D eigenvalue weighted by Crippen LogP contribution is 2.21. The van der Waals surface area contributed by atoms with E-state index in [-0.39, 0.29) is 17.7 Å². The molecule has 1 unspecified atom stereocenters. The van der Waals surface area contributed by atoms with Crippen LogP contribution >= 0.6 is 0 Å². The summed E-state index contributed by atoms with van der Waals surface area (Å²) in [5, 5.41) is 0. The first kappa shape index (κ1) is 13.6. The van der Waals surface area contributed by atoms with Gasteiger partial charge in [0.2, 0.25) is 11.8 Å². The van der Waals surface area contributed by atoms with Crippen LogP contribution in [0.5, 0.6) is 0 Å². The number of nitrogens with zero attached hydrogens (tertiary/aromatic N) is 2. The minimum Gasteiger partial charge on any atom is -0.342 e. The summed E-state index contributed by atoms with van der Waals surface area (Å²) in [6, 6.07) is 9.61. The lowest BCUT2D eigenvalue weighted by Gasteiger charge is -2.33. The van der Waals surface area contributed by atoms with Gasteiger partial charge in [0.15, 0.2) is 0 Å². The SMILES string of the molecule is CC(=O)N1CCCC(C(=O)N(C)c2ccccc2)C1. The summed E-state index contributed by atoms with van der Waals surface area (Å²) in [5.74, 6) is 0.0693. The molecule has 0 aliphatic carbocycles. The van der Waals surface area contributed by atoms with Crippen LogP contribution in [0.2, 0.25) is 0 Å². The fourth-order valence-corrected chi connectivity index (χ4v) is 2.52. The van der Waals surface area contributed by atoms with Crippen molar-refractivity contribution in [1.29, 1.82) is 0 Å². The fourth-order valence-electron chi connectivity index (χ4n) is 2.52. The van der Waals surface area contributed by atoms with Crippen molar-refractivity contribution in [2.75, 3.05) is 25.0 Å². The van der Waals surface area contributed by atoms with E-state index in [2.05, 4.69) is 0 Å². The van der Waals surface area contributed by atoms with Crippen molar-refractivity contribution < 1.29 is 9.59 Å². The Morgan fingerprint density at radius 3 is 2.58 bits per heavy atom. The van der Waals surface area contributed by atoms with Gasteiger partial charge in [-0.25, -0.2) is 0 Å². The first-order valence-electron chi connectivity index (χ1n) is 6.67. The van der Waals surface area contributed by atoms with E-state index in [0.717, 1.165) is 25.1 Å². The van der Waals surface area contributed by atoms with Crippen LogP contribution in [0.1, 0.15) is 19.8 Å². The number of carbonyl (C=O) groups is 2. The van der Waals surface area contributed by atoms with Gasteiger partial charge in [-0.15, -0.1) is 0 Å². The molecule has 4 heteroatoms. The number of carbonyl (C=O) groups excluding carboxylic acids is 2. The molecule has 1 aromatic carbocycles. The van der Waals surface area contributed by atoms with E-state index < -0.39 is 0 Å². The molecule has 0 bridgehead atoms. The second-order valence-corrected chi connectivity index (χ2v) is 5.04. The van der Waals surface area contributed by atoms with Crippen LogP contribution in [0, 0.1) is 5.92 Å². The molecule has 0 aromatic heterocycles. The predicted octanol–water partition coefficient (Wildman–Crippen LogP) is 1.91. The number of likely N-dealkylation sites (tertiary alicyclic amines) is 1. The molecule has 1 fully saturated rings. The number of piperidine rings is 1. The first-order chi connectivity index (χ1) is 9.09. The Morgan fingerprint density at radius 1 is 1.26 bits per heavy atom. The fraction of sp³-hybridized carbons (Fsp3) is 0.467. The molecule has 1 saturated heterocycles. The normalized spacial score (nSPS) is 19.1. The van der Waals surface area contributed by atoms with Crippen molar-refractivity contribution in [3.63, 3.8) is 0 Å². The summed E-state index contributed by atoms with van der Waals surface area (Å²) in [4.78, 5) is 27.3. The molecule has 1 heterocycles. The van der Waals surface area contributed by atoms with Gasteiger partial charge in [0.05, 0.1) is 5.92 Å². The van der Waals surface area contributed by atoms with E-state index in [4.69, 9.17) is 0 Å². The van der Waals surface area contributed by atoms with Crippen molar-refractivity contribution in [2.24, 2.45) is 5.92 Å². The largest absolute Gasteiger partial charge is 0.342 e. The Balaban J connectivity index is 2.05. The van der Waals surface area contributed by atoms with Gasteiger partial charge >= 0.3 is 0 Å². The molecule has 2 amide bonds. The van der Waals surface area contributed by atoms with Crippen LogP contribution in [-0.2, 0) is 9.59 Å². The Kier molecular flexibility index (Phi) is 4.20. The average Bonchev–Trinajstić information content (AvgIpc) is 2.46. The predicted molar refractivity (Wildman–Crippen MR) is 74.8 cm³/mol. The van der Waals surface area contributed by atoms with Crippen molar-refractivity contribution >= 4 is 17.5 Å². The summed E-state index contributed by atoms with van der Waals surface area (Å²) in [7, 11) is 1.80. The zero-order chi connectivity index (χ0) is 13.8. The molecule has 0 saturated carbocycles. The van der Waals surface area contributed by atoms with Gasteiger partial charge in [-0.3, -0.25) is 9.59 Å². The maximum absolute atomic E-state index is 12.5. The van der Waals surface area contributed by atoms with E-state index in [1.54, 1.807) is 23.8 Å². The van der Waals surface area contributed by atoms with Crippen LogP contribution in [-0.4, -0.2) is 36.9 Å². The molecule has 1 aliphatic rings. The molecule has 0 spiro atoms. The third-order valence-electron chi connectivity index (χ3n) is 3.69. The van der Waals surface area contributed by atoms with Gasteiger partial charge in [0.1, 0.15) is 0 Å². The van der Waals surface area contributed by atoms with Gasteiger partial charge in [-0.05, 0) is 25.0 Å². The highest BCUT2D eigenvalue weighted by Gasteiger charge is 2.29. The van der Waals surface area contributed by atoms with E-state index in [0.29, 0.717) is 6.54 Å². The molecule has 2 rings (SSSR count). The highest BCUT2D eigenvalue weighted by molar-refractivity contribution is 5.95. The lowest BCUT2D eigenvalue weighted by Crippen LogP contribution is -2.45. The highest BCUT2D eigenvalue weighted by atomic mass is 16.2. The van der Waals surface area contributed by atoms with E-state index >= 15 is 0 Å². The number of benzene rings is 1. The van der Waals surface area contributed by atoms with Crippen LogP contribution in [0.3, 0.4) is 0 Å². The Labute approximate surface area is 114 Å². The molecule has 102 valence electrons. The number of anilines is 1. The number of para-hydroxylation sites is 1.